The average Bonchev–Trinajstić information content (AvgIpc) is 3.71. The van der Waals surface area contributed by atoms with Crippen LogP contribution in [0.5, 0.6) is 0 Å². The highest BCUT2D eigenvalue weighted by Crippen LogP contribution is 2.77. The Balaban J connectivity index is 1.77. The third kappa shape index (κ3) is 21.4. The summed E-state index contributed by atoms with van der Waals surface area (Å²) in [6, 6.07) is 0. The van der Waals surface area contributed by atoms with Gasteiger partial charge in [-0.2, -0.15) is 0 Å². The molecule has 2 aliphatic rings. The summed E-state index contributed by atoms with van der Waals surface area (Å²) in [6.45, 7) is 22.3. The van der Waals surface area contributed by atoms with Crippen molar-refractivity contribution in [3.05, 3.63) is 24.3 Å². The van der Waals surface area contributed by atoms with E-state index in [0.717, 1.165) is 127 Å². The molecule has 0 bridgehead atoms. The lowest BCUT2D eigenvalue weighted by atomic mass is 9.72. The number of fused-ring (bicyclic) bond motifs is 1. The minimum Gasteiger partial charge on any atom is -0.462 e. The molecule has 0 aliphatic heterocycles. The van der Waals surface area contributed by atoms with E-state index in [1.165, 1.54) is 57.8 Å². The molecule has 2 rings (SSSR count). The van der Waals surface area contributed by atoms with Crippen LogP contribution < -0.4 is 0 Å². The van der Waals surface area contributed by atoms with Crippen LogP contribution in [0.25, 0.3) is 0 Å². The van der Waals surface area contributed by atoms with Gasteiger partial charge in [-0.1, -0.05) is 136 Å². The molecule has 0 amide bonds. The van der Waals surface area contributed by atoms with Crippen molar-refractivity contribution in [2.24, 2.45) is 34.5 Å². The third-order valence-corrected chi connectivity index (χ3v) is 14.5. The molecule has 61 heavy (non-hydrogen) atoms. The van der Waals surface area contributed by atoms with E-state index in [-0.39, 0.29) is 29.6 Å². The van der Waals surface area contributed by atoms with E-state index in [9.17, 15) is 14.4 Å². The van der Waals surface area contributed by atoms with Crippen molar-refractivity contribution in [1.29, 1.82) is 0 Å². The number of hydrogen-bond donors (Lipinski definition) is 0. The minimum atomic E-state index is -0.597. The highest BCUT2D eigenvalue weighted by atomic mass is 16.5. The van der Waals surface area contributed by atoms with Crippen molar-refractivity contribution in [2.75, 3.05) is 26.8 Å². The maximum absolute atomic E-state index is 14.0. The van der Waals surface area contributed by atoms with Crippen molar-refractivity contribution in [3.63, 3.8) is 0 Å². The summed E-state index contributed by atoms with van der Waals surface area (Å²) < 4.78 is 17.2. The number of hydrogen-bond acceptors (Lipinski definition) is 7. The molecule has 0 radical (unpaired) electrons. The molecular weight excluding hydrogens is 759 g/mol. The SMILES string of the molecule is CCCCCCC=CCOC(=O)CCCCCCCC(CCCCCCCC(=O)OCC=CCCCCCC)OC(=O)C(C)(C)CC(C)(C)N(C)CC1CC2C(C(C)C)C12C. The zero-order valence-electron chi connectivity index (χ0n) is 41.6. The molecule has 0 aromatic carbocycles. The molecule has 0 saturated heterocycles. The lowest BCUT2D eigenvalue weighted by molar-refractivity contribution is -0.162. The molecular formula is C54H97NO6. The Hall–Kier alpha value is -2.15. The van der Waals surface area contributed by atoms with Gasteiger partial charge in [0, 0.05) is 24.9 Å². The number of carbonyl (C=O) groups excluding carboxylic acids is 3. The Bertz CT molecular complexity index is 1220. The van der Waals surface area contributed by atoms with Crippen LogP contribution in [-0.4, -0.2) is 61.3 Å². The van der Waals surface area contributed by atoms with Crippen molar-refractivity contribution in [3.8, 4) is 0 Å². The highest BCUT2D eigenvalue weighted by Gasteiger charge is 2.72. The van der Waals surface area contributed by atoms with Crippen molar-refractivity contribution in [2.45, 2.75) is 241 Å². The summed E-state index contributed by atoms with van der Waals surface area (Å²) in [5.74, 6) is 2.99. The van der Waals surface area contributed by atoms with Crippen LogP contribution in [0.2, 0.25) is 0 Å². The lowest BCUT2D eigenvalue weighted by Gasteiger charge is -2.45. The van der Waals surface area contributed by atoms with Crippen molar-refractivity contribution < 1.29 is 28.6 Å². The van der Waals surface area contributed by atoms with E-state index in [1.54, 1.807) is 0 Å². The van der Waals surface area contributed by atoms with Gasteiger partial charge in [0.2, 0.25) is 0 Å². The van der Waals surface area contributed by atoms with Gasteiger partial charge in [0.15, 0.2) is 0 Å². The van der Waals surface area contributed by atoms with Crippen LogP contribution in [0.1, 0.15) is 229 Å². The predicted octanol–water partition coefficient (Wildman–Crippen LogP) is 14.6. The van der Waals surface area contributed by atoms with Gasteiger partial charge in [-0.05, 0) is 141 Å². The van der Waals surface area contributed by atoms with E-state index >= 15 is 0 Å². The fraction of sp³-hybridized carbons (Fsp3) is 0.870. The second kappa shape index (κ2) is 30.1. The Labute approximate surface area is 376 Å². The smallest absolute Gasteiger partial charge is 0.311 e. The first kappa shape index (κ1) is 55.0. The number of unbranched alkanes of at least 4 members (excludes halogenated alkanes) is 16. The van der Waals surface area contributed by atoms with Gasteiger partial charge in [-0.25, -0.2) is 0 Å². The zero-order chi connectivity index (χ0) is 45.2. The number of esters is 3. The quantitative estimate of drug-likeness (QED) is 0.0265. The summed E-state index contributed by atoms with van der Waals surface area (Å²) in [6.07, 6.45) is 35.0. The fourth-order valence-electron chi connectivity index (χ4n) is 10.4. The van der Waals surface area contributed by atoms with Gasteiger partial charge in [0.1, 0.15) is 19.3 Å². The molecule has 7 nitrogen and oxygen atoms in total. The number of allylic oxidation sites excluding steroid dienone is 2. The minimum absolute atomic E-state index is 0.0774. The Kier molecular flexibility index (Phi) is 27.1. The molecule has 2 fully saturated rings. The molecule has 4 atom stereocenters. The number of rotatable bonds is 38. The maximum atomic E-state index is 14.0. The Morgan fingerprint density at radius 3 is 1.59 bits per heavy atom. The van der Waals surface area contributed by atoms with Crippen LogP contribution >= 0.6 is 0 Å². The highest BCUT2D eigenvalue weighted by molar-refractivity contribution is 5.76. The monoisotopic (exact) mass is 856 g/mol. The van der Waals surface area contributed by atoms with Crippen LogP contribution in [0.15, 0.2) is 24.3 Å². The van der Waals surface area contributed by atoms with Crippen LogP contribution in [0.3, 0.4) is 0 Å². The predicted molar refractivity (Wildman–Crippen MR) is 255 cm³/mol. The first-order chi connectivity index (χ1) is 29.1. The standard InChI is InChI=1S/C54H97NO6/c1-11-13-15-17-19-27-33-39-59-48(56)37-31-25-21-23-29-35-46(36-30-24-22-26-32-38-49(57)60-40-34-28-20-18-16-14-12-2)61-51(58)52(5,6)43-53(7,8)55(10)42-45-41-47-50(44(3)4)54(45,47)9/h27-28,33-34,44-47,50H,11-26,29-32,35-43H2,1-10H3. The summed E-state index contributed by atoms with van der Waals surface area (Å²) in [5, 5.41) is 0. The van der Waals surface area contributed by atoms with Crippen molar-refractivity contribution in [1.82, 2.24) is 4.90 Å². The van der Waals surface area contributed by atoms with Gasteiger partial charge in [0.25, 0.3) is 0 Å². The first-order valence-corrected chi connectivity index (χ1v) is 25.6. The first-order valence-electron chi connectivity index (χ1n) is 25.6. The van der Waals surface area contributed by atoms with E-state index in [4.69, 9.17) is 14.2 Å². The molecule has 2 aliphatic carbocycles. The van der Waals surface area contributed by atoms with E-state index < -0.39 is 5.41 Å². The van der Waals surface area contributed by atoms with Gasteiger partial charge in [-0.15, -0.1) is 0 Å². The number of carbonyl (C=O) groups is 3. The summed E-state index contributed by atoms with van der Waals surface area (Å²) >= 11 is 0. The second-order valence-electron chi connectivity index (χ2n) is 21.1. The van der Waals surface area contributed by atoms with Gasteiger partial charge in [0.05, 0.1) is 5.41 Å². The van der Waals surface area contributed by atoms with E-state index in [0.29, 0.717) is 31.5 Å². The Morgan fingerprint density at radius 2 is 1.13 bits per heavy atom. The topological polar surface area (TPSA) is 82.1 Å². The van der Waals surface area contributed by atoms with E-state index in [2.05, 4.69) is 86.4 Å². The van der Waals surface area contributed by atoms with Gasteiger partial charge < -0.3 is 19.1 Å². The summed E-state index contributed by atoms with van der Waals surface area (Å²) in [5.41, 5.74) is -0.220. The van der Waals surface area contributed by atoms with E-state index in [1.807, 2.05) is 12.2 Å². The molecule has 0 aromatic heterocycles. The van der Waals surface area contributed by atoms with Crippen molar-refractivity contribution >= 4 is 17.9 Å². The van der Waals surface area contributed by atoms with Gasteiger partial charge >= 0.3 is 17.9 Å². The average molecular weight is 856 g/mol. The number of nitrogens with zero attached hydrogens (tertiary/aromatic N) is 1. The van der Waals surface area contributed by atoms with Crippen LogP contribution in [-0.2, 0) is 28.6 Å². The largest absolute Gasteiger partial charge is 0.462 e. The summed E-state index contributed by atoms with van der Waals surface area (Å²) in [7, 11) is 2.25. The normalized spacial score (nSPS) is 20.6. The molecule has 0 heterocycles. The molecule has 2 saturated carbocycles. The fourth-order valence-corrected chi connectivity index (χ4v) is 10.4. The zero-order valence-corrected chi connectivity index (χ0v) is 41.6. The molecule has 0 N–H and O–H groups in total. The van der Waals surface area contributed by atoms with Gasteiger partial charge in [-0.3, -0.25) is 14.4 Å². The molecule has 4 unspecified atom stereocenters. The Morgan fingerprint density at radius 1 is 0.672 bits per heavy atom. The molecule has 0 spiro atoms. The number of ether oxygens (including phenoxy) is 3. The second-order valence-corrected chi connectivity index (χ2v) is 21.1. The third-order valence-electron chi connectivity index (χ3n) is 14.5. The molecule has 0 aromatic rings. The van der Waals surface area contributed by atoms with Crippen LogP contribution in [0, 0.1) is 34.5 Å². The maximum Gasteiger partial charge on any atom is 0.311 e. The molecule has 7 heteroatoms. The van der Waals surface area contributed by atoms with Crippen LogP contribution in [0.4, 0.5) is 0 Å². The summed E-state index contributed by atoms with van der Waals surface area (Å²) in [4.78, 5) is 40.9. The lowest BCUT2D eigenvalue weighted by Crippen LogP contribution is -2.50. The molecule has 354 valence electrons.